The number of ether oxygens (including phenoxy) is 1. The summed E-state index contributed by atoms with van der Waals surface area (Å²) < 4.78 is 4.95. The lowest BCUT2D eigenvalue weighted by Crippen LogP contribution is -2.32. The summed E-state index contributed by atoms with van der Waals surface area (Å²) in [7, 11) is 1.41. The molecule has 0 unspecified atom stereocenters. The summed E-state index contributed by atoms with van der Waals surface area (Å²) >= 11 is 11.8. The molecule has 2 amide bonds. The van der Waals surface area contributed by atoms with Gasteiger partial charge in [0.15, 0.2) is 11.5 Å². The van der Waals surface area contributed by atoms with E-state index in [9.17, 15) is 14.7 Å². The van der Waals surface area contributed by atoms with Crippen LogP contribution in [0, 0.1) is 0 Å². The number of phenolic OH excluding ortho intramolecular Hbond substituents is 1. The molecule has 0 heterocycles. The zero-order valence-corrected chi connectivity index (χ0v) is 14.4. The molecule has 0 aliphatic carbocycles. The molecule has 2 rings (SSSR count). The molecule has 0 saturated heterocycles. The molecule has 0 radical (unpaired) electrons. The number of rotatable bonds is 4. The van der Waals surface area contributed by atoms with E-state index in [-0.39, 0.29) is 27.2 Å². The molecule has 0 aliphatic rings. The van der Waals surface area contributed by atoms with Gasteiger partial charge in [-0.2, -0.15) is 5.10 Å². The lowest BCUT2D eigenvalue weighted by atomic mass is 10.2. The Morgan fingerprint density at radius 2 is 1.88 bits per heavy atom. The predicted octanol–water partition coefficient (Wildman–Crippen LogP) is 2.80. The van der Waals surface area contributed by atoms with Crippen LogP contribution < -0.4 is 15.5 Å². The number of methoxy groups -OCH3 is 1. The van der Waals surface area contributed by atoms with Gasteiger partial charge in [0.05, 0.1) is 29.1 Å². The van der Waals surface area contributed by atoms with Crippen LogP contribution in [0.3, 0.4) is 0 Å². The van der Waals surface area contributed by atoms with Crippen molar-refractivity contribution in [1.82, 2.24) is 5.43 Å². The fourth-order valence-corrected chi connectivity index (χ4v) is 2.15. The SMILES string of the molecule is COc1cccc(C=NNC(=O)C(=O)Nc2cccc(Cl)c2Cl)c1O. The van der Waals surface area contributed by atoms with Gasteiger partial charge in [-0.25, -0.2) is 5.43 Å². The third-order valence-electron chi connectivity index (χ3n) is 3.03. The van der Waals surface area contributed by atoms with Gasteiger partial charge < -0.3 is 15.2 Å². The maximum atomic E-state index is 11.8. The van der Waals surface area contributed by atoms with Gasteiger partial charge in [-0.05, 0) is 24.3 Å². The van der Waals surface area contributed by atoms with Gasteiger partial charge in [0.1, 0.15) is 0 Å². The van der Waals surface area contributed by atoms with E-state index in [1.165, 1.54) is 19.4 Å². The summed E-state index contributed by atoms with van der Waals surface area (Å²) in [5.74, 6) is -1.88. The zero-order valence-electron chi connectivity index (χ0n) is 12.9. The van der Waals surface area contributed by atoms with Gasteiger partial charge in [0.25, 0.3) is 0 Å². The second kappa shape index (κ2) is 8.36. The summed E-state index contributed by atoms with van der Waals surface area (Å²) in [6, 6.07) is 9.37. The first-order valence-electron chi connectivity index (χ1n) is 6.88. The summed E-state index contributed by atoms with van der Waals surface area (Å²) in [5, 5.41) is 16.2. The number of amides is 2. The molecule has 0 bridgehead atoms. The normalized spacial score (nSPS) is 10.5. The highest BCUT2D eigenvalue weighted by molar-refractivity contribution is 6.45. The Labute approximate surface area is 153 Å². The Kier molecular flexibility index (Phi) is 6.21. The average Bonchev–Trinajstić information content (AvgIpc) is 2.60. The molecular weight excluding hydrogens is 369 g/mol. The number of phenols is 1. The third-order valence-corrected chi connectivity index (χ3v) is 3.84. The molecule has 2 aromatic carbocycles. The molecule has 0 saturated carbocycles. The van der Waals surface area contributed by atoms with E-state index < -0.39 is 11.8 Å². The second-order valence-electron chi connectivity index (χ2n) is 4.65. The van der Waals surface area contributed by atoms with Crippen LogP contribution in [0.5, 0.6) is 11.5 Å². The lowest BCUT2D eigenvalue weighted by Gasteiger charge is -2.07. The van der Waals surface area contributed by atoms with Crippen molar-refractivity contribution < 1.29 is 19.4 Å². The van der Waals surface area contributed by atoms with Gasteiger partial charge in [-0.3, -0.25) is 9.59 Å². The zero-order chi connectivity index (χ0) is 18.4. The largest absolute Gasteiger partial charge is 0.504 e. The molecule has 2 aromatic rings. The topological polar surface area (TPSA) is 100 Å². The number of hydrogen-bond acceptors (Lipinski definition) is 5. The van der Waals surface area contributed by atoms with Crippen LogP contribution in [0.4, 0.5) is 5.69 Å². The molecule has 25 heavy (non-hydrogen) atoms. The predicted molar refractivity (Wildman–Crippen MR) is 95.5 cm³/mol. The van der Waals surface area contributed by atoms with Gasteiger partial charge in [0, 0.05) is 5.56 Å². The number of nitrogens with one attached hydrogen (secondary N) is 2. The Morgan fingerprint density at radius 1 is 1.16 bits per heavy atom. The van der Waals surface area contributed by atoms with Gasteiger partial charge in [-0.1, -0.05) is 35.3 Å². The van der Waals surface area contributed by atoms with E-state index in [1.807, 2.05) is 5.43 Å². The lowest BCUT2D eigenvalue weighted by molar-refractivity contribution is -0.136. The fraction of sp³-hybridized carbons (Fsp3) is 0.0625. The number of hydrazone groups is 1. The number of anilines is 1. The second-order valence-corrected chi connectivity index (χ2v) is 5.44. The Morgan fingerprint density at radius 3 is 2.60 bits per heavy atom. The van der Waals surface area contributed by atoms with Crippen LogP contribution in [0.15, 0.2) is 41.5 Å². The quantitative estimate of drug-likeness (QED) is 0.430. The monoisotopic (exact) mass is 381 g/mol. The summed E-state index contributed by atoms with van der Waals surface area (Å²) in [4.78, 5) is 23.6. The first-order valence-corrected chi connectivity index (χ1v) is 7.64. The minimum Gasteiger partial charge on any atom is -0.504 e. The summed E-state index contributed by atoms with van der Waals surface area (Å²) in [5.41, 5.74) is 2.54. The first kappa shape index (κ1) is 18.6. The van der Waals surface area contributed by atoms with E-state index in [2.05, 4.69) is 10.4 Å². The van der Waals surface area contributed by atoms with E-state index in [4.69, 9.17) is 27.9 Å². The maximum absolute atomic E-state index is 11.8. The van der Waals surface area contributed by atoms with E-state index in [1.54, 1.807) is 30.3 Å². The van der Waals surface area contributed by atoms with Gasteiger partial charge in [0.2, 0.25) is 0 Å². The molecule has 3 N–H and O–H groups in total. The molecule has 0 aliphatic heterocycles. The molecule has 130 valence electrons. The van der Waals surface area contributed by atoms with Gasteiger partial charge >= 0.3 is 11.8 Å². The molecule has 7 nitrogen and oxygen atoms in total. The van der Waals surface area contributed by atoms with Crippen LogP contribution in [0.25, 0.3) is 0 Å². The van der Waals surface area contributed by atoms with Crippen LogP contribution in [-0.2, 0) is 9.59 Å². The number of carbonyl (C=O) groups is 2. The van der Waals surface area contributed by atoms with Crippen LogP contribution in [-0.4, -0.2) is 30.2 Å². The Balaban J connectivity index is 2.00. The van der Waals surface area contributed by atoms with Crippen LogP contribution >= 0.6 is 23.2 Å². The minimum atomic E-state index is -1.02. The smallest absolute Gasteiger partial charge is 0.329 e. The highest BCUT2D eigenvalue weighted by atomic mass is 35.5. The molecular formula is C16H13Cl2N3O4. The molecule has 0 atom stereocenters. The standard InChI is InChI=1S/C16H13Cl2N3O4/c1-25-12-7-2-4-9(14(12)22)8-19-21-16(24)15(23)20-11-6-3-5-10(17)13(11)18/h2-8,22H,1H3,(H,20,23)(H,21,24). The molecule has 9 heteroatoms. The molecule has 0 aromatic heterocycles. The van der Waals surface area contributed by atoms with Crippen molar-refractivity contribution in [2.24, 2.45) is 5.10 Å². The highest BCUT2D eigenvalue weighted by Crippen LogP contribution is 2.29. The third kappa shape index (κ3) is 4.62. The van der Waals surface area contributed by atoms with Crippen molar-refractivity contribution >= 4 is 46.9 Å². The number of halogens is 2. The van der Waals surface area contributed by atoms with Crippen molar-refractivity contribution in [3.05, 3.63) is 52.0 Å². The van der Waals surface area contributed by atoms with E-state index >= 15 is 0 Å². The Bertz CT molecular complexity index is 840. The summed E-state index contributed by atoms with van der Waals surface area (Å²) in [6.07, 6.45) is 1.18. The van der Waals surface area contributed by atoms with Crippen molar-refractivity contribution in [2.45, 2.75) is 0 Å². The number of carbonyl (C=O) groups excluding carboxylic acids is 2. The van der Waals surface area contributed by atoms with E-state index in [0.717, 1.165) is 0 Å². The number of benzene rings is 2. The number of nitrogens with zero attached hydrogens (tertiary/aromatic N) is 1. The molecule has 0 fully saturated rings. The number of hydrogen-bond donors (Lipinski definition) is 3. The van der Waals surface area contributed by atoms with Gasteiger partial charge in [-0.15, -0.1) is 0 Å². The first-order chi connectivity index (χ1) is 11.9. The summed E-state index contributed by atoms with van der Waals surface area (Å²) in [6.45, 7) is 0. The van der Waals surface area contributed by atoms with Crippen LogP contribution in [0.1, 0.15) is 5.56 Å². The average molecular weight is 382 g/mol. The highest BCUT2D eigenvalue weighted by Gasteiger charge is 2.15. The Hall–Kier alpha value is -2.77. The van der Waals surface area contributed by atoms with Crippen molar-refractivity contribution in [2.75, 3.05) is 12.4 Å². The maximum Gasteiger partial charge on any atom is 0.329 e. The number of para-hydroxylation sites is 1. The molecule has 0 spiro atoms. The van der Waals surface area contributed by atoms with Crippen molar-refractivity contribution in [3.63, 3.8) is 0 Å². The fourth-order valence-electron chi connectivity index (χ4n) is 1.80. The van der Waals surface area contributed by atoms with Crippen molar-refractivity contribution in [3.8, 4) is 11.5 Å². The minimum absolute atomic E-state index is 0.120. The van der Waals surface area contributed by atoms with Crippen LogP contribution in [0.2, 0.25) is 10.0 Å². The number of aromatic hydroxyl groups is 1. The van der Waals surface area contributed by atoms with Crippen molar-refractivity contribution in [1.29, 1.82) is 0 Å². The van der Waals surface area contributed by atoms with E-state index in [0.29, 0.717) is 5.56 Å².